The number of rotatable bonds is 6. The van der Waals surface area contributed by atoms with Gasteiger partial charge in [-0.1, -0.05) is 24.3 Å². The van der Waals surface area contributed by atoms with Gasteiger partial charge in [-0.05, 0) is 12.5 Å². The second kappa shape index (κ2) is 6.68. The first-order valence-corrected chi connectivity index (χ1v) is 5.96. The van der Waals surface area contributed by atoms with E-state index in [1.165, 1.54) is 11.8 Å². The van der Waals surface area contributed by atoms with Crippen LogP contribution < -0.4 is 0 Å². The first-order chi connectivity index (χ1) is 8.90. The molecule has 5 heteroatoms. The lowest BCUT2D eigenvalue weighted by molar-refractivity contribution is -0.138. The van der Waals surface area contributed by atoms with Gasteiger partial charge in [-0.25, -0.2) is 0 Å². The minimum atomic E-state index is -0.925. The molecule has 0 saturated carbocycles. The summed E-state index contributed by atoms with van der Waals surface area (Å²) in [6.45, 7) is 1.68. The second-order valence-electron chi connectivity index (χ2n) is 4.39. The van der Waals surface area contributed by atoms with Crippen molar-refractivity contribution in [2.45, 2.75) is 19.8 Å². The van der Waals surface area contributed by atoms with Crippen LogP contribution in [0.3, 0.4) is 0 Å². The number of aliphatic carboxylic acids is 1. The summed E-state index contributed by atoms with van der Waals surface area (Å²) in [5, 5.41) is 8.55. The first kappa shape index (κ1) is 14.9. The second-order valence-corrected chi connectivity index (χ2v) is 4.39. The standard InChI is InChI=1S/C14H17NO4/c1-10(16)12-5-3-11(4-6-12)9-13(17)15(2)8-7-14(18)19/h3-6H,7-9H2,1-2H3,(H,18,19). The molecule has 0 bridgehead atoms. The lowest BCUT2D eigenvalue weighted by Crippen LogP contribution is -2.30. The summed E-state index contributed by atoms with van der Waals surface area (Å²) in [4.78, 5) is 34.7. The molecule has 0 aliphatic rings. The number of carbonyl (C=O) groups excluding carboxylic acids is 2. The molecule has 0 aromatic heterocycles. The molecule has 5 nitrogen and oxygen atoms in total. The maximum atomic E-state index is 11.8. The zero-order valence-corrected chi connectivity index (χ0v) is 11.0. The monoisotopic (exact) mass is 263 g/mol. The Morgan fingerprint density at radius 2 is 1.74 bits per heavy atom. The maximum absolute atomic E-state index is 11.8. The molecule has 1 aromatic carbocycles. The van der Waals surface area contributed by atoms with E-state index in [0.29, 0.717) is 5.56 Å². The van der Waals surface area contributed by atoms with Crippen LogP contribution >= 0.6 is 0 Å². The number of carboxylic acids is 1. The van der Waals surface area contributed by atoms with Crippen LogP contribution in [-0.4, -0.2) is 41.3 Å². The molecule has 1 rings (SSSR count). The zero-order chi connectivity index (χ0) is 14.4. The summed E-state index contributed by atoms with van der Waals surface area (Å²) >= 11 is 0. The number of Topliss-reactive ketones (excluding diaryl/α,β-unsaturated/α-hetero) is 1. The van der Waals surface area contributed by atoms with Crippen molar-refractivity contribution in [2.24, 2.45) is 0 Å². The number of benzene rings is 1. The van der Waals surface area contributed by atoms with Crippen molar-refractivity contribution in [2.75, 3.05) is 13.6 Å². The Balaban J connectivity index is 2.56. The van der Waals surface area contributed by atoms with Gasteiger partial charge in [-0.3, -0.25) is 14.4 Å². The fourth-order valence-corrected chi connectivity index (χ4v) is 1.55. The number of hydrogen-bond donors (Lipinski definition) is 1. The molecule has 0 spiro atoms. The van der Waals surface area contributed by atoms with Gasteiger partial charge < -0.3 is 10.0 Å². The van der Waals surface area contributed by atoms with E-state index in [1.807, 2.05) is 0 Å². The predicted molar refractivity (Wildman–Crippen MR) is 70.0 cm³/mol. The van der Waals surface area contributed by atoms with E-state index in [9.17, 15) is 14.4 Å². The largest absolute Gasteiger partial charge is 0.481 e. The Morgan fingerprint density at radius 1 is 1.16 bits per heavy atom. The molecule has 1 amide bonds. The molecule has 1 N–H and O–H groups in total. The Hall–Kier alpha value is -2.17. The number of ketones is 1. The predicted octanol–water partition coefficient (Wildman–Crippen LogP) is 1.36. The number of hydrogen-bond acceptors (Lipinski definition) is 3. The number of carboxylic acid groups (broad SMARTS) is 1. The average Bonchev–Trinajstić information content (AvgIpc) is 2.36. The van der Waals surface area contributed by atoms with Gasteiger partial charge in [0, 0.05) is 19.2 Å². The third-order valence-corrected chi connectivity index (χ3v) is 2.80. The minimum absolute atomic E-state index is 0.0172. The molecule has 0 atom stereocenters. The number of amides is 1. The molecule has 0 radical (unpaired) electrons. The Morgan fingerprint density at radius 3 is 2.21 bits per heavy atom. The van der Waals surface area contributed by atoms with Gasteiger partial charge in [-0.15, -0.1) is 0 Å². The van der Waals surface area contributed by atoms with E-state index in [4.69, 9.17) is 5.11 Å². The van der Waals surface area contributed by atoms with Crippen molar-refractivity contribution < 1.29 is 19.5 Å². The SMILES string of the molecule is CC(=O)c1ccc(CC(=O)N(C)CCC(=O)O)cc1. The molecule has 19 heavy (non-hydrogen) atoms. The van der Waals surface area contributed by atoms with E-state index in [-0.39, 0.29) is 31.1 Å². The third kappa shape index (κ3) is 4.91. The van der Waals surface area contributed by atoms with Crippen LogP contribution in [0.5, 0.6) is 0 Å². The average molecular weight is 263 g/mol. The molecule has 0 fully saturated rings. The Bertz CT molecular complexity index is 479. The smallest absolute Gasteiger partial charge is 0.305 e. The highest BCUT2D eigenvalue weighted by Gasteiger charge is 2.11. The molecular formula is C14H17NO4. The number of nitrogens with zero attached hydrogens (tertiary/aromatic N) is 1. The molecular weight excluding hydrogens is 246 g/mol. The van der Waals surface area contributed by atoms with E-state index in [1.54, 1.807) is 31.3 Å². The maximum Gasteiger partial charge on any atom is 0.305 e. The lowest BCUT2D eigenvalue weighted by Gasteiger charge is -2.16. The van der Waals surface area contributed by atoms with Gasteiger partial charge in [0.1, 0.15) is 0 Å². The minimum Gasteiger partial charge on any atom is -0.481 e. The van der Waals surface area contributed by atoms with Crippen LogP contribution in [-0.2, 0) is 16.0 Å². The van der Waals surface area contributed by atoms with Crippen LogP contribution in [0.1, 0.15) is 29.3 Å². The quantitative estimate of drug-likeness (QED) is 0.786. The first-order valence-electron chi connectivity index (χ1n) is 5.96. The fraction of sp³-hybridized carbons (Fsp3) is 0.357. The van der Waals surface area contributed by atoms with Crippen LogP contribution in [0, 0.1) is 0 Å². The van der Waals surface area contributed by atoms with Gasteiger partial charge in [0.2, 0.25) is 5.91 Å². The summed E-state index contributed by atoms with van der Waals surface area (Å²) < 4.78 is 0. The third-order valence-electron chi connectivity index (χ3n) is 2.80. The molecule has 0 unspecified atom stereocenters. The number of likely N-dealkylation sites (N-methyl/N-ethyl adjacent to an activating group) is 1. The lowest BCUT2D eigenvalue weighted by atomic mass is 10.1. The molecule has 0 saturated heterocycles. The van der Waals surface area contributed by atoms with Crippen LogP contribution in [0.2, 0.25) is 0 Å². The summed E-state index contributed by atoms with van der Waals surface area (Å²) in [6, 6.07) is 6.84. The molecule has 0 aliphatic heterocycles. The van der Waals surface area contributed by atoms with E-state index in [0.717, 1.165) is 5.56 Å². The van der Waals surface area contributed by atoms with Gasteiger partial charge >= 0.3 is 5.97 Å². The molecule has 0 aliphatic carbocycles. The van der Waals surface area contributed by atoms with Crippen LogP contribution in [0.25, 0.3) is 0 Å². The normalized spacial score (nSPS) is 10.0. The topological polar surface area (TPSA) is 74.7 Å². The Labute approximate surface area is 111 Å². The highest BCUT2D eigenvalue weighted by atomic mass is 16.4. The zero-order valence-electron chi connectivity index (χ0n) is 11.0. The molecule has 102 valence electrons. The number of carbonyl (C=O) groups is 3. The van der Waals surface area contributed by atoms with E-state index >= 15 is 0 Å². The van der Waals surface area contributed by atoms with E-state index in [2.05, 4.69) is 0 Å². The van der Waals surface area contributed by atoms with Gasteiger partial charge in [0.15, 0.2) is 5.78 Å². The van der Waals surface area contributed by atoms with Crippen LogP contribution in [0.4, 0.5) is 0 Å². The van der Waals surface area contributed by atoms with Crippen molar-refractivity contribution in [3.63, 3.8) is 0 Å². The summed E-state index contributed by atoms with van der Waals surface area (Å²) in [6.07, 6.45) is 0.139. The van der Waals surface area contributed by atoms with Gasteiger partial charge in [-0.2, -0.15) is 0 Å². The van der Waals surface area contributed by atoms with Crippen molar-refractivity contribution >= 4 is 17.7 Å². The highest BCUT2D eigenvalue weighted by Crippen LogP contribution is 2.07. The summed E-state index contributed by atoms with van der Waals surface area (Å²) in [5.41, 5.74) is 1.41. The van der Waals surface area contributed by atoms with Crippen molar-refractivity contribution in [3.8, 4) is 0 Å². The van der Waals surface area contributed by atoms with Crippen molar-refractivity contribution in [1.29, 1.82) is 0 Å². The Kier molecular flexibility index (Phi) is 5.23. The molecule has 0 heterocycles. The van der Waals surface area contributed by atoms with Crippen LogP contribution in [0.15, 0.2) is 24.3 Å². The van der Waals surface area contributed by atoms with Gasteiger partial charge in [0.25, 0.3) is 0 Å². The highest BCUT2D eigenvalue weighted by molar-refractivity contribution is 5.94. The van der Waals surface area contributed by atoms with Gasteiger partial charge in [0.05, 0.1) is 12.8 Å². The van der Waals surface area contributed by atoms with E-state index < -0.39 is 5.97 Å². The van der Waals surface area contributed by atoms with Crippen molar-refractivity contribution in [1.82, 2.24) is 4.90 Å². The fourth-order valence-electron chi connectivity index (χ4n) is 1.55. The summed E-state index contributed by atoms with van der Waals surface area (Å²) in [5.74, 6) is -1.08. The molecule has 1 aromatic rings. The van der Waals surface area contributed by atoms with Crippen molar-refractivity contribution in [3.05, 3.63) is 35.4 Å². The summed E-state index contributed by atoms with van der Waals surface area (Å²) in [7, 11) is 1.58.